The van der Waals surface area contributed by atoms with Crippen LogP contribution >= 0.6 is 0 Å². The van der Waals surface area contributed by atoms with Gasteiger partial charge in [0.05, 0.1) is 31.2 Å². The van der Waals surface area contributed by atoms with Gasteiger partial charge in [-0.1, -0.05) is 0 Å². The fraction of sp³-hybridized carbons (Fsp3) is 0.353. The number of oxazole rings is 1. The van der Waals surface area contributed by atoms with E-state index in [0.717, 1.165) is 0 Å². The van der Waals surface area contributed by atoms with E-state index in [9.17, 15) is 14.0 Å². The molecule has 1 amide bonds. The van der Waals surface area contributed by atoms with Crippen molar-refractivity contribution in [3.05, 3.63) is 42.0 Å². The molecule has 0 aliphatic carbocycles. The van der Waals surface area contributed by atoms with Crippen LogP contribution in [0.15, 0.2) is 34.9 Å². The van der Waals surface area contributed by atoms with Crippen molar-refractivity contribution in [1.82, 2.24) is 9.88 Å². The van der Waals surface area contributed by atoms with Crippen molar-refractivity contribution in [1.29, 1.82) is 0 Å². The molecule has 25 heavy (non-hydrogen) atoms. The summed E-state index contributed by atoms with van der Waals surface area (Å²) in [6.07, 6.45) is 0.806. The molecule has 0 spiro atoms. The zero-order chi connectivity index (χ0) is 17.8. The van der Waals surface area contributed by atoms with Crippen LogP contribution in [0.1, 0.15) is 12.1 Å². The first-order chi connectivity index (χ1) is 12.0. The smallest absolute Gasteiger partial charge is 0.306 e. The number of aromatic nitrogens is 1. The van der Waals surface area contributed by atoms with Crippen LogP contribution in [-0.2, 0) is 20.7 Å². The molecule has 1 N–H and O–H groups in total. The van der Waals surface area contributed by atoms with Crippen molar-refractivity contribution in [2.75, 3.05) is 19.7 Å². The number of aliphatic carboxylic acids is 1. The second-order valence-electron chi connectivity index (χ2n) is 5.76. The Morgan fingerprint density at radius 1 is 1.32 bits per heavy atom. The van der Waals surface area contributed by atoms with Gasteiger partial charge in [-0.25, -0.2) is 9.37 Å². The molecular formula is C17H17FN2O5. The molecule has 0 radical (unpaired) electrons. The van der Waals surface area contributed by atoms with E-state index in [1.165, 1.54) is 18.4 Å². The summed E-state index contributed by atoms with van der Waals surface area (Å²) in [7, 11) is 0. The lowest BCUT2D eigenvalue weighted by molar-refractivity contribution is -0.147. The standard InChI is InChI=1S/C17H17FN2O5/c18-12-3-1-11(2-4-12)17-19-13(10-25-17)7-15(21)20-5-6-24-14(9-20)8-16(22)23/h1-4,10,14H,5-9H2,(H,22,23). The van der Waals surface area contributed by atoms with Gasteiger partial charge in [0, 0.05) is 18.7 Å². The van der Waals surface area contributed by atoms with Gasteiger partial charge in [0.1, 0.15) is 12.1 Å². The summed E-state index contributed by atoms with van der Waals surface area (Å²) < 4.78 is 23.6. The number of ether oxygens (including phenoxy) is 1. The van der Waals surface area contributed by atoms with E-state index in [-0.39, 0.29) is 31.1 Å². The van der Waals surface area contributed by atoms with Gasteiger partial charge < -0.3 is 19.2 Å². The summed E-state index contributed by atoms with van der Waals surface area (Å²) >= 11 is 0. The van der Waals surface area contributed by atoms with E-state index in [2.05, 4.69) is 4.98 Å². The van der Waals surface area contributed by atoms with E-state index in [1.54, 1.807) is 17.0 Å². The van der Waals surface area contributed by atoms with Crippen molar-refractivity contribution in [2.45, 2.75) is 18.9 Å². The zero-order valence-corrected chi connectivity index (χ0v) is 13.4. The maximum absolute atomic E-state index is 12.9. The van der Waals surface area contributed by atoms with Crippen LogP contribution in [0.5, 0.6) is 0 Å². The van der Waals surface area contributed by atoms with Crippen molar-refractivity contribution >= 4 is 11.9 Å². The minimum Gasteiger partial charge on any atom is -0.481 e. The summed E-state index contributed by atoms with van der Waals surface area (Å²) in [5.74, 6) is -1.17. The number of carbonyl (C=O) groups excluding carboxylic acids is 1. The highest BCUT2D eigenvalue weighted by molar-refractivity contribution is 5.78. The Kier molecular flexibility index (Phi) is 5.08. The molecule has 1 atom stereocenters. The lowest BCUT2D eigenvalue weighted by atomic mass is 10.2. The third kappa shape index (κ3) is 4.42. The molecule has 2 aromatic rings. The Labute approximate surface area is 143 Å². The van der Waals surface area contributed by atoms with Crippen LogP contribution in [-0.4, -0.2) is 52.7 Å². The number of rotatable bonds is 5. The fourth-order valence-corrected chi connectivity index (χ4v) is 2.64. The minimum absolute atomic E-state index is 0.0461. The van der Waals surface area contributed by atoms with E-state index in [4.69, 9.17) is 14.3 Å². The van der Waals surface area contributed by atoms with Gasteiger partial charge in [-0.2, -0.15) is 0 Å². The maximum atomic E-state index is 12.9. The van der Waals surface area contributed by atoms with Crippen LogP contribution in [0.4, 0.5) is 4.39 Å². The van der Waals surface area contributed by atoms with E-state index in [1.807, 2.05) is 0 Å². The van der Waals surface area contributed by atoms with Gasteiger partial charge in [0.25, 0.3) is 0 Å². The van der Waals surface area contributed by atoms with Crippen molar-refractivity contribution in [3.8, 4) is 11.5 Å². The number of hydrogen-bond donors (Lipinski definition) is 1. The van der Waals surface area contributed by atoms with Gasteiger partial charge in [-0.15, -0.1) is 0 Å². The predicted molar refractivity (Wildman–Crippen MR) is 84.2 cm³/mol. The molecule has 2 heterocycles. The molecule has 1 fully saturated rings. The van der Waals surface area contributed by atoms with Crippen LogP contribution in [0.3, 0.4) is 0 Å². The highest BCUT2D eigenvalue weighted by Crippen LogP contribution is 2.19. The molecule has 1 unspecified atom stereocenters. The lowest BCUT2D eigenvalue weighted by Gasteiger charge is -2.32. The quantitative estimate of drug-likeness (QED) is 0.884. The largest absolute Gasteiger partial charge is 0.481 e. The molecular weight excluding hydrogens is 331 g/mol. The summed E-state index contributed by atoms with van der Waals surface area (Å²) in [6.45, 7) is 0.967. The third-order valence-corrected chi connectivity index (χ3v) is 3.87. The van der Waals surface area contributed by atoms with Crippen molar-refractivity contribution in [3.63, 3.8) is 0 Å². The van der Waals surface area contributed by atoms with Gasteiger partial charge in [0.2, 0.25) is 11.8 Å². The van der Waals surface area contributed by atoms with Crippen molar-refractivity contribution < 1.29 is 28.2 Å². The van der Waals surface area contributed by atoms with E-state index in [0.29, 0.717) is 30.3 Å². The number of amides is 1. The molecule has 1 aliphatic heterocycles. The summed E-state index contributed by atoms with van der Waals surface area (Å²) in [6, 6.07) is 5.71. The Balaban J connectivity index is 1.61. The fourth-order valence-electron chi connectivity index (χ4n) is 2.64. The average Bonchev–Trinajstić information content (AvgIpc) is 3.03. The topological polar surface area (TPSA) is 92.9 Å². The highest BCUT2D eigenvalue weighted by atomic mass is 19.1. The number of hydrogen-bond acceptors (Lipinski definition) is 5. The summed E-state index contributed by atoms with van der Waals surface area (Å²) in [5, 5.41) is 8.82. The normalized spacial score (nSPS) is 17.5. The van der Waals surface area contributed by atoms with Crippen LogP contribution in [0.2, 0.25) is 0 Å². The van der Waals surface area contributed by atoms with Crippen LogP contribution in [0, 0.1) is 5.82 Å². The Bertz CT molecular complexity index is 759. The van der Waals surface area contributed by atoms with Gasteiger partial charge in [-0.05, 0) is 24.3 Å². The summed E-state index contributed by atoms with van der Waals surface area (Å²) in [5.41, 5.74) is 1.08. The number of halogens is 1. The second-order valence-corrected chi connectivity index (χ2v) is 5.76. The summed E-state index contributed by atoms with van der Waals surface area (Å²) in [4.78, 5) is 29.0. The zero-order valence-electron chi connectivity index (χ0n) is 13.4. The molecule has 1 aliphatic rings. The highest BCUT2D eigenvalue weighted by Gasteiger charge is 2.26. The molecule has 132 valence electrons. The predicted octanol–water partition coefficient (Wildman–Crippen LogP) is 1.73. The van der Waals surface area contributed by atoms with Gasteiger partial charge in [0.15, 0.2) is 0 Å². The van der Waals surface area contributed by atoms with Gasteiger partial charge >= 0.3 is 5.97 Å². The third-order valence-electron chi connectivity index (χ3n) is 3.87. The lowest BCUT2D eigenvalue weighted by Crippen LogP contribution is -2.46. The molecule has 1 saturated heterocycles. The first-order valence-corrected chi connectivity index (χ1v) is 7.83. The van der Waals surface area contributed by atoms with Crippen molar-refractivity contribution in [2.24, 2.45) is 0 Å². The Morgan fingerprint density at radius 3 is 2.80 bits per heavy atom. The Morgan fingerprint density at radius 2 is 2.08 bits per heavy atom. The minimum atomic E-state index is -0.959. The number of benzene rings is 1. The van der Waals surface area contributed by atoms with E-state index < -0.39 is 12.1 Å². The van der Waals surface area contributed by atoms with Crippen LogP contribution < -0.4 is 0 Å². The average molecular weight is 348 g/mol. The second kappa shape index (κ2) is 7.43. The molecule has 7 nitrogen and oxygen atoms in total. The Hall–Kier alpha value is -2.74. The number of nitrogens with zero attached hydrogens (tertiary/aromatic N) is 2. The maximum Gasteiger partial charge on any atom is 0.306 e. The molecule has 0 bridgehead atoms. The van der Waals surface area contributed by atoms with Crippen LogP contribution in [0.25, 0.3) is 11.5 Å². The first-order valence-electron chi connectivity index (χ1n) is 7.83. The molecule has 1 aromatic carbocycles. The number of morpholine rings is 1. The van der Waals surface area contributed by atoms with Gasteiger partial charge in [-0.3, -0.25) is 9.59 Å². The molecule has 8 heteroatoms. The molecule has 1 aromatic heterocycles. The van der Waals surface area contributed by atoms with E-state index >= 15 is 0 Å². The number of carbonyl (C=O) groups is 2. The number of carboxylic acids is 1. The monoisotopic (exact) mass is 348 g/mol. The first kappa shape index (κ1) is 17.1. The molecule has 0 saturated carbocycles. The molecule has 3 rings (SSSR count). The SMILES string of the molecule is O=C(O)CC1CN(C(=O)Cc2coc(-c3ccc(F)cc3)n2)CCO1. The number of carboxylic acid groups (broad SMARTS) is 1.